The van der Waals surface area contributed by atoms with Gasteiger partial charge in [-0.25, -0.2) is 0 Å². The maximum absolute atomic E-state index is 10.6. The van der Waals surface area contributed by atoms with Crippen LogP contribution in [-0.2, 0) is 11.2 Å². The number of likely N-dealkylation sites (tertiary alicyclic amines) is 1. The first-order valence-electron chi connectivity index (χ1n) is 7.30. The van der Waals surface area contributed by atoms with Crippen molar-refractivity contribution < 1.29 is 9.90 Å². The van der Waals surface area contributed by atoms with Gasteiger partial charge in [-0.15, -0.1) is 0 Å². The Labute approximate surface area is 120 Å². The van der Waals surface area contributed by atoms with E-state index in [1.807, 2.05) is 6.07 Å². The van der Waals surface area contributed by atoms with E-state index in [1.54, 1.807) is 0 Å². The number of hydrogen-bond donors (Lipinski definition) is 2. The Kier molecular flexibility index (Phi) is 5.15. The highest BCUT2D eigenvalue weighted by Crippen LogP contribution is 2.20. The van der Waals surface area contributed by atoms with Crippen LogP contribution >= 0.6 is 0 Å². The van der Waals surface area contributed by atoms with Crippen molar-refractivity contribution in [3.8, 4) is 0 Å². The zero-order valence-electron chi connectivity index (χ0n) is 12.1. The van der Waals surface area contributed by atoms with Gasteiger partial charge in [0.1, 0.15) is 0 Å². The smallest absolute Gasteiger partial charge is 0.317 e. The van der Waals surface area contributed by atoms with E-state index in [0.717, 1.165) is 38.9 Å². The second-order valence-corrected chi connectivity index (χ2v) is 5.92. The molecule has 0 aliphatic carbocycles. The van der Waals surface area contributed by atoms with E-state index in [2.05, 4.69) is 41.4 Å². The summed E-state index contributed by atoms with van der Waals surface area (Å²) in [6, 6.07) is 10.5. The number of carbonyl (C=O) groups is 1. The minimum atomic E-state index is -0.784. The second kappa shape index (κ2) is 6.86. The number of rotatable bonds is 7. The quantitative estimate of drug-likeness (QED) is 0.797. The van der Waals surface area contributed by atoms with Crippen molar-refractivity contribution in [3.05, 3.63) is 35.9 Å². The molecule has 0 unspecified atom stereocenters. The summed E-state index contributed by atoms with van der Waals surface area (Å²) in [7, 11) is 0. The highest BCUT2D eigenvalue weighted by molar-refractivity contribution is 5.69. The van der Waals surface area contributed by atoms with E-state index >= 15 is 0 Å². The molecule has 0 aromatic heterocycles. The fraction of sp³-hybridized carbons (Fsp3) is 0.562. The third-order valence-corrected chi connectivity index (χ3v) is 4.00. The fourth-order valence-corrected chi connectivity index (χ4v) is 2.83. The molecule has 0 amide bonds. The molecule has 1 aliphatic heterocycles. The molecule has 1 fully saturated rings. The van der Waals surface area contributed by atoms with Gasteiger partial charge in [0.05, 0.1) is 6.54 Å². The summed E-state index contributed by atoms with van der Waals surface area (Å²) in [5.74, 6) is -0.784. The molecule has 0 saturated carbocycles. The lowest BCUT2D eigenvalue weighted by Crippen LogP contribution is -2.47. The minimum Gasteiger partial charge on any atom is -0.480 e. The Morgan fingerprint density at radius 3 is 2.85 bits per heavy atom. The number of hydrogen-bond acceptors (Lipinski definition) is 3. The van der Waals surface area contributed by atoms with Crippen LogP contribution in [0.3, 0.4) is 0 Å². The van der Waals surface area contributed by atoms with Gasteiger partial charge in [0.2, 0.25) is 0 Å². The van der Waals surface area contributed by atoms with Crippen molar-refractivity contribution in [1.29, 1.82) is 0 Å². The van der Waals surface area contributed by atoms with E-state index in [0.29, 0.717) is 0 Å². The van der Waals surface area contributed by atoms with Crippen molar-refractivity contribution in [2.45, 2.75) is 31.7 Å². The maximum Gasteiger partial charge on any atom is 0.317 e. The van der Waals surface area contributed by atoms with E-state index in [-0.39, 0.29) is 12.1 Å². The van der Waals surface area contributed by atoms with Gasteiger partial charge in [-0.3, -0.25) is 4.79 Å². The van der Waals surface area contributed by atoms with Crippen LogP contribution in [0.4, 0.5) is 0 Å². The van der Waals surface area contributed by atoms with Gasteiger partial charge >= 0.3 is 5.97 Å². The summed E-state index contributed by atoms with van der Waals surface area (Å²) in [6.07, 6.45) is 3.28. The van der Waals surface area contributed by atoms with Crippen LogP contribution < -0.4 is 5.32 Å². The lowest BCUT2D eigenvalue weighted by atomic mass is 10.0. The van der Waals surface area contributed by atoms with Crippen LogP contribution in [-0.4, -0.2) is 47.7 Å². The molecule has 0 spiro atoms. The fourth-order valence-electron chi connectivity index (χ4n) is 2.83. The molecule has 20 heavy (non-hydrogen) atoms. The predicted octanol–water partition coefficient (Wildman–Crippen LogP) is 1.76. The van der Waals surface area contributed by atoms with Gasteiger partial charge in [-0.1, -0.05) is 30.3 Å². The molecule has 1 aromatic rings. The topological polar surface area (TPSA) is 52.6 Å². The Bertz CT molecular complexity index is 435. The summed E-state index contributed by atoms with van der Waals surface area (Å²) < 4.78 is 0. The van der Waals surface area contributed by atoms with Gasteiger partial charge in [-0.05, 0) is 38.3 Å². The van der Waals surface area contributed by atoms with Crippen molar-refractivity contribution in [2.24, 2.45) is 0 Å². The number of benzene rings is 1. The number of nitrogens with zero attached hydrogens (tertiary/aromatic N) is 1. The molecule has 1 aromatic carbocycles. The first-order chi connectivity index (χ1) is 9.57. The Morgan fingerprint density at radius 2 is 2.15 bits per heavy atom. The minimum absolute atomic E-state index is 0.0500. The molecular formula is C16H24N2O2. The number of carboxylic acids is 1. The Hall–Kier alpha value is -1.39. The standard InChI is InChI=1S/C16H24N2O2/c1-16(17-12-15(19)20)9-11-18(13-16)10-5-8-14-6-3-2-4-7-14/h2-4,6-7,17H,5,8-13H2,1H3,(H,19,20)/t16-/m0/s1. The van der Waals surface area contributed by atoms with E-state index in [1.165, 1.54) is 5.56 Å². The highest BCUT2D eigenvalue weighted by atomic mass is 16.4. The summed E-state index contributed by atoms with van der Waals surface area (Å²) in [5, 5.41) is 11.9. The average molecular weight is 276 g/mol. The van der Waals surface area contributed by atoms with Gasteiger partial charge in [-0.2, -0.15) is 0 Å². The predicted molar refractivity (Wildman–Crippen MR) is 79.9 cm³/mol. The molecule has 1 aliphatic rings. The molecular weight excluding hydrogens is 252 g/mol. The largest absolute Gasteiger partial charge is 0.480 e. The van der Waals surface area contributed by atoms with Gasteiger partial charge in [0, 0.05) is 18.6 Å². The van der Waals surface area contributed by atoms with Gasteiger partial charge in [0.25, 0.3) is 0 Å². The monoisotopic (exact) mass is 276 g/mol. The summed E-state index contributed by atoms with van der Waals surface area (Å²) in [6.45, 7) is 5.24. The average Bonchev–Trinajstić information content (AvgIpc) is 2.80. The lowest BCUT2D eigenvalue weighted by Gasteiger charge is -2.25. The molecule has 1 atom stereocenters. The molecule has 0 bridgehead atoms. The summed E-state index contributed by atoms with van der Waals surface area (Å²) in [5.41, 5.74) is 1.34. The Balaban J connectivity index is 1.69. The van der Waals surface area contributed by atoms with Crippen molar-refractivity contribution in [3.63, 3.8) is 0 Å². The van der Waals surface area contributed by atoms with Crippen molar-refractivity contribution in [1.82, 2.24) is 10.2 Å². The molecule has 2 N–H and O–H groups in total. The zero-order chi connectivity index (χ0) is 14.4. The first kappa shape index (κ1) is 15.0. The SMILES string of the molecule is C[C@]1(NCC(=O)O)CCN(CCCc2ccccc2)C1. The van der Waals surface area contributed by atoms with Crippen molar-refractivity contribution in [2.75, 3.05) is 26.2 Å². The molecule has 4 nitrogen and oxygen atoms in total. The van der Waals surface area contributed by atoms with Crippen molar-refractivity contribution >= 4 is 5.97 Å². The molecule has 0 radical (unpaired) electrons. The van der Waals surface area contributed by atoms with E-state index < -0.39 is 5.97 Å². The van der Waals surface area contributed by atoms with Gasteiger partial charge in [0.15, 0.2) is 0 Å². The molecule has 110 valence electrons. The third-order valence-electron chi connectivity index (χ3n) is 4.00. The second-order valence-electron chi connectivity index (χ2n) is 5.92. The van der Waals surface area contributed by atoms with Crippen LogP contribution in [0, 0.1) is 0 Å². The Morgan fingerprint density at radius 1 is 1.40 bits per heavy atom. The summed E-state index contributed by atoms with van der Waals surface area (Å²) in [4.78, 5) is 13.1. The molecule has 1 saturated heterocycles. The first-order valence-corrected chi connectivity index (χ1v) is 7.30. The van der Waals surface area contributed by atoms with Crippen LogP contribution in [0.1, 0.15) is 25.3 Å². The maximum atomic E-state index is 10.6. The molecule has 1 heterocycles. The van der Waals surface area contributed by atoms with E-state index in [9.17, 15) is 4.79 Å². The van der Waals surface area contributed by atoms with Crippen LogP contribution in [0.15, 0.2) is 30.3 Å². The molecule has 4 heteroatoms. The van der Waals surface area contributed by atoms with Crippen LogP contribution in [0.5, 0.6) is 0 Å². The number of carboxylic acid groups (broad SMARTS) is 1. The number of aryl methyl sites for hydroxylation is 1. The van der Waals surface area contributed by atoms with Crippen LogP contribution in [0.25, 0.3) is 0 Å². The van der Waals surface area contributed by atoms with E-state index in [4.69, 9.17) is 5.11 Å². The summed E-state index contributed by atoms with van der Waals surface area (Å²) >= 11 is 0. The van der Waals surface area contributed by atoms with Gasteiger partial charge < -0.3 is 15.3 Å². The lowest BCUT2D eigenvalue weighted by molar-refractivity contribution is -0.136. The highest BCUT2D eigenvalue weighted by Gasteiger charge is 2.33. The zero-order valence-corrected chi connectivity index (χ0v) is 12.1. The number of nitrogens with one attached hydrogen (secondary N) is 1. The van der Waals surface area contributed by atoms with Crippen LogP contribution in [0.2, 0.25) is 0 Å². The normalized spacial score (nSPS) is 23.1. The third kappa shape index (κ3) is 4.62. The number of aliphatic carboxylic acids is 1. The molecule has 2 rings (SSSR count).